The molecule has 9 heteroatoms. The number of hydrogen-bond acceptors (Lipinski definition) is 7. The number of nitrogens with two attached hydrogens (primary N) is 1. The van der Waals surface area contributed by atoms with E-state index in [4.69, 9.17) is 20.6 Å². The van der Waals surface area contributed by atoms with Crippen LogP contribution in [0.2, 0.25) is 0 Å². The lowest BCUT2D eigenvalue weighted by Gasteiger charge is -2.44. The third-order valence-corrected chi connectivity index (χ3v) is 6.91. The van der Waals surface area contributed by atoms with Gasteiger partial charge in [0.25, 0.3) is 11.8 Å². The number of nitrogen functional groups attached to an aromatic ring is 1. The molecule has 2 fully saturated rings. The van der Waals surface area contributed by atoms with Gasteiger partial charge >= 0.3 is 0 Å². The highest BCUT2D eigenvalue weighted by atomic mass is 16.5. The zero-order chi connectivity index (χ0) is 23.9. The van der Waals surface area contributed by atoms with Crippen molar-refractivity contribution in [3.63, 3.8) is 0 Å². The molecule has 2 aromatic carbocycles. The Hall–Kier alpha value is -3.59. The molecule has 4 N–H and O–H groups in total. The second-order valence-corrected chi connectivity index (χ2v) is 9.06. The predicted octanol–water partition coefficient (Wildman–Crippen LogP) is 2.17. The minimum Gasteiger partial charge on any atom is -0.467 e. The average molecular weight is 464 g/mol. The number of piperidine rings is 1. The summed E-state index contributed by atoms with van der Waals surface area (Å²) in [5.74, 6) is 0.310. The minimum atomic E-state index is -0.821. The SMILES string of the molecule is Cc1cc(C(=O)N2CCC3(CC2)NC(=O)c2cc(N4CCOCC4)ccc2O3)cc(C=N)c1N. The van der Waals surface area contributed by atoms with Crippen LogP contribution < -0.4 is 20.7 Å². The fourth-order valence-corrected chi connectivity index (χ4v) is 4.86. The number of hydrogen-bond donors (Lipinski definition) is 3. The largest absolute Gasteiger partial charge is 0.467 e. The van der Waals surface area contributed by atoms with E-state index in [2.05, 4.69) is 10.2 Å². The highest BCUT2D eigenvalue weighted by Gasteiger charge is 2.43. The topological polar surface area (TPSA) is 121 Å². The first-order valence-corrected chi connectivity index (χ1v) is 11.6. The predicted molar refractivity (Wildman–Crippen MR) is 129 cm³/mol. The number of anilines is 2. The lowest BCUT2D eigenvalue weighted by Crippen LogP contribution is -2.61. The van der Waals surface area contributed by atoms with Gasteiger partial charge in [-0.2, -0.15) is 0 Å². The molecule has 9 nitrogen and oxygen atoms in total. The Labute approximate surface area is 198 Å². The number of nitrogens with one attached hydrogen (secondary N) is 2. The summed E-state index contributed by atoms with van der Waals surface area (Å²) < 4.78 is 11.7. The van der Waals surface area contributed by atoms with Gasteiger partial charge in [0, 0.05) is 67.7 Å². The Bertz CT molecular complexity index is 1150. The van der Waals surface area contributed by atoms with E-state index < -0.39 is 5.72 Å². The highest BCUT2D eigenvalue weighted by Crippen LogP contribution is 2.36. The van der Waals surface area contributed by atoms with Crippen LogP contribution in [0.25, 0.3) is 0 Å². The number of aryl methyl sites for hydroxylation is 1. The van der Waals surface area contributed by atoms with Gasteiger partial charge in [0.1, 0.15) is 5.75 Å². The lowest BCUT2D eigenvalue weighted by atomic mass is 9.95. The number of nitrogens with zero attached hydrogens (tertiary/aromatic N) is 2. The van der Waals surface area contributed by atoms with Crippen LogP contribution in [0.5, 0.6) is 5.75 Å². The molecule has 0 unspecified atom stereocenters. The smallest absolute Gasteiger partial charge is 0.258 e. The van der Waals surface area contributed by atoms with Crippen LogP contribution in [-0.2, 0) is 4.74 Å². The Morgan fingerprint density at radius 2 is 1.88 bits per heavy atom. The van der Waals surface area contributed by atoms with Gasteiger partial charge in [-0.05, 0) is 42.8 Å². The van der Waals surface area contributed by atoms with Gasteiger partial charge in [-0.25, -0.2) is 0 Å². The van der Waals surface area contributed by atoms with Crippen molar-refractivity contribution < 1.29 is 19.1 Å². The van der Waals surface area contributed by atoms with Gasteiger partial charge < -0.3 is 35.7 Å². The number of fused-ring (bicyclic) bond motifs is 1. The molecule has 0 atom stereocenters. The average Bonchev–Trinajstić information content (AvgIpc) is 2.86. The van der Waals surface area contributed by atoms with Gasteiger partial charge in [-0.1, -0.05) is 0 Å². The number of amides is 2. The summed E-state index contributed by atoms with van der Waals surface area (Å²) in [5.41, 5.74) is 9.02. The van der Waals surface area contributed by atoms with Crippen molar-refractivity contribution in [3.8, 4) is 5.75 Å². The summed E-state index contributed by atoms with van der Waals surface area (Å²) >= 11 is 0. The zero-order valence-corrected chi connectivity index (χ0v) is 19.2. The van der Waals surface area contributed by atoms with E-state index >= 15 is 0 Å². The molecule has 3 heterocycles. The second kappa shape index (κ2) is 8.64. The first-order chi connectivity index (χ1) is 16.4. The maximum Gasteiger partial charge on any atom is 0.258 e. The number of benzene rings is 2. The number of carbonyl (C=O) groups is 2. The quantitative estimate of drug-likeness (QED) is 0.474. The fourth-order valence-electron chi connectivity index (χ4n) is 4.86. The fraction of sp³-hybridized carbons (Fsp3) is 0.400. The van der Waals surface area contributed by atoms with E-state index in [1.165, 1.54) is 0 Å². The summed E-state index contributed by atoms with van der Waals surface area (Å²) in [6.07, 6.45) is 2.14. The summed E-state index contributed by atoms with van der Waals surface area (Å²) in [4.78, 5) is 30.1. The van der Waals surface area contributed by atoms with Crippen LogP contribution in [0.3, 0.4) is 0 Å². The van der Waals surface area contributed by atoms with Crippen molar-refractivity contribution in [1.82, 2.24) is 10.2 Å². The Morgan fingerprint density at radius 3 is 2.59 bits per heavy atom. The first-order valence-electron chi connectivity index (χ1n) is 11.6. The Kier molecular flexibility index (Phi) is 5.65. The molecule has 3 aliphatic heterocycles. The summed E-state index contributed by atoms with van der Waals surface area (Å²) in [6, 6.07) is 9.15. The minimum absolute atomic E-state index is 0.112. The summed E-state index contributed by atoms with van der Waals surface area (Å²) in [5, 5.41) is 10.6. The van der Waals surface area contributed by atoms with Crippen molar-refractivity contribution in [2.45, 2.75) is 25.5 Å². The third kappa shape index (κ3) is 3.96. The first kappa shape index (κ1) is 22.2. The van der Waals surface area contributed by atoms with E-state index in [1.807, 2.05) is 25.1 Å². The Morgan fingerprint density at radius 1 is 1.15 bits per heavy atom. The van der Waals surface area contributed by atoms with Crippen LogP contribution >= 0.6 is 0 Å². The highest BCUT2D eigenvalue weighted by molar-refractivity contribution is 6.00. The third-order valence-electron chi connectivity index (χ3n) is 6.91. The van der Waals surface area contributed by atoms with E-state index in [1.54, 1.807) is 17.0 Å². The van der Waals surface area contributed by atoms with Gasteiger partial charge in [0.15, 0.2) is 5.72 Å². The number of carbonyl (C=O) groups excluding carboxylic acids is 2. The molecule has 0 aliphatic carbocycles. The van der Waals surface area contributed by atoms with Crippen molar-refractivity contribution in [3.05, 3.63) is 52.6 Å². The van der Waals surface area contributed by atoms with Crippen LogP contribution in [0.1, 0.15) is 44.7 Å². The molecule has 2 aromatic rings. The second-order valence-electron chi connectivity index (χ2n) is 9.06. The standard InChI is InChI=1S/C25H29N5O4/c1-16-12-17(13-18(15-26)22(16)27)24(32)30-6-4-25(5-7-30)28-23(31)20-14-19(2-3-21(20)34-25)29-8-10-33-11-9-29/h2-3,12-15,26H,4-11,27H2,1H3,(H,28,31). The normalized spacial score (nSPS) is 19.3. The molecular formula is C25H29N5O4. The number of rotatable bonds is 3. The van der Waals surface area contributed by atoms with Crippen LogP contribution in [0.4, 0.5) is 11.4 Å². The van der Waals surface area contributed by atoms with E-state index in [9.17, 15) is 9.59 Å². The van der Waals surface area contributed by atoms with Crippen LogP contribution in [0.15, 0.2) is 30.3 Å². The maximum absolute atomic E-state index is 13.1. The van der Waals surface area contributed by atoms with E-state index in [0.29, 0.717) is 67.3 Å². The molecular weight excluding hydrogens is 434 g/mol. The molecule has 3 aliphatic rings. The summed E-state index contributed by atoms with van der Waals surface area (Å²) in [6.45, 7) is 5.67. The molecule has 178 valence electrons. The molecule has 0 aromatic heterocycles. The molecule has 2 amide bonds. The van der Waals surface area contributed by atoms with Gasteiger partial charge in [0.2, 0.25) is 0 Å². The molecule has 1 spiro atoms. The molecule has 5 rings (SSSR count). The van der Waals surface area contributed by atoms with Crippen molar-refractivity contribution in [2.24, 2.45) is 0 Å². The van der Waals surface area contributed by atoms with Gasteiger partial charge in [-0.3, -0.25) is 9.59 Å². The molecule has 0 bridgehead atoms. The number of ether oxygens (including phenoxy) is 2. The van der Waals surface area contributed by atoms with Crippen molar-refractivity contribution in [2.75, 3.05) is 50.0 Å². The summed E-state index contributed by atoms with van der Waals surface area (Å²) in [7, 11) is 0. The molecule has 2 saturated heterocycles. The molecule has 0 saturated carbocycles. The van der Waals surface area contributed by atoms with Crippen LogP contribution in [-0.4, -0.2) is 68.0 Å². The van der Waals surface area contributed by atoms with Gasteiger partial charge in [-0.15, -0.1) is 0 Å². The van der Waals surface area contributed by atoms with Crippen LogP contribution in [0, 0.1) is 12.3 Å². The van der Waals surface area contributed by atoms with E-state index in [-0.39, 0.29) is 11.8 Å². The van der Waals surface area contributed by atoms with Crippen molar-refractivity contribution >= 4 is 29.4 Å². The number of likely N-dealkylation sites (tertiary alicyclic amines) is 1. The number of morpholine rings is 1. The van der Waals surface area contributed by atoms with E-state index in [0.717, 1.165) is 30.6 Å². The van der Waals surface area contributed by atoms with Gasteiger partial charge in [0.05, 0.1) is 18.8 Å². The monoisotopic (exact) mass is 463 g/mol. The molecule has 34 heavy (non-hydrogen) atoms. The zero-order valence-electron chi connectivity index (χ0n) is 19.2. The maximum atomic E-state index is 13.1. The lowest BCUT2D eigenvalue weighted by molar-refractivity contribution is -0.0245. The molecule has 0 radical (unpaired) electrons. The Balaban J connectivity index is 1.29. The van der Waals surface area contributed by atoms with Crippen molar-refractivity contribution in [1.29, 1.82) is 5.41 Å².